The number of ether oxygens (including phenoxy) is 1. The Hall–Kier alpha value is -7.46. The van der Waals surface area contributed by atoms with Gasteiger partial charge in [-0.1, -0.05) is 214 Å². The molecule has 0 aliphatic carbocycles. The van der Waals surface area contributed by atoms with Gasteiger partial charge in [0.2, 0.25) is 0 Å². The summed E-state index contributed by atoms with van der Waals surface area (Å²) in [5, 5.41) is 2.19. The maximum absolute atomic E-state index is 7.01. The molecule has 1 aliphatic rings. The number of allylic oxidation sites excluding steroid dienone is 1. The molecule has 5 nitrogen and oxygen atoms in total. The van der Waals surface area contributed by atoms with Crippen molar-refractivity contribution in [3.8, 4) is 39.6 Å². The van der Waals surface area contributed by atoms with E-state index >= 15 is 0 Å². The van der Waals surface area contributed by atoms with Crippen LogP contribution in [0.2, 0.25) is 0 Å². The summed E-state index contributed by atoms with van der Waals surface area (Å²) in [5.74, 6) is 2.01. The molecule has 11 rings (SSSR count). The Labute approximate surface area is 464 Å². The molecule has 0 fully saturated rings. The van der Waals surface area contributed by atoms with Crippen molar-refractivity contribution in [3.05, 3.63) is 259 Å². The normalized spacial score (nSPS) is 13.3. The van der Waals surface area contributed by atoms with Crippen LogP contribution in [0.15, 0.2) is 212 Å². The second-order valence-corrected chi connectivity index (χ2v) is 23.2. The first-order valence-corrected chi connectivity index (χ1v) is 26.2. The van der Waals surface area contributed by atoms with Crippen molar-refractivity contribution in [2.75, 3.05) is 9.80 Å². The monoisotopic (exact) mass is 1170 g/mol. The van der Waals surface area contributed by atoms with Crippen LogP contribution in [-0.2, 0) is 37.3 Å². The van der Waals surface area contributed by atoms with Gasteiger partial charge in [0.05, 0.1) is 0 Å². The largest absolute Gasteiger partial charge is 0.509 e. The third kappa shape index (κ3) is 10.1. The number of rotatable bonds is 11. The minimum Gasteiger partial charge on any atom is -0.509 e. The summed E-state index contributed by atoms with van der Waals surface area (Å²) in [7, 11) is 0. The standard InChI is InChI=1S/C70H65N4O.Pt/c1-67(2,3)54-35-36-71-66(43-54)74-63-34-31-50(48-23-15-11-16-24-48)39-62(63)61-33-32-59(45-64(61)74)75-60-38-51(49-25-17-12-18-26-49)37-58(44-60)73-47-72(46-65(73)68(4,5)6)57-41-55(69(7,8)52-27-19-13-20-28-52)40-56(42-57)70(9,10)53-29-21-14-22-30-53;/h11-43,46-47H,1-10H3;/q-3;. The first-order chi connectivity index (χ1) is 35.9. The topological polar surface area (TPSA) is 33.5 Å². The van der Waals surface area contributed by atoms with E-state index in [1.54, 1.807) is 0 Å². The summed E-state index contributed by atoms with van der Waals surface area (Å²) in [5.41, 5.74) is 14.8. The second-order valence-electron chi connectivity index (χ2n) is 23.2. The van der Waals surface area contributed by atoms with Gasteiger partial charge in [-0.3, -0.25) is 0 Å². The zero-order valence-corrected chi connectivity index (χ0v) is 47.5. The molecular weight excluding hydrogens is 1110 g/mol. The summed E-state index contributed by atoms with van der Waals surface area (Å²) in [6.07, 6.45) is 4.21. The second kappa shape index (κ2) is 20.2. The molecule has 0 radical (unpaired) electrons. The third-order valence-corrected chi connectivity index (χ3v) is 15.2. The van der Waals surface area contributed by atoms with E-state index in [-0.39, 0.29) is 42.7 Å². The average Bonchev–Trinajstić information content (AvgIpc) is 4.05. The van der Waals surface area contributed by atoms with Crippen LogP contribution in [0.3, 0.4) is 0 Å². The molecule has 0 atom stereocenters. The van der Waals surface area contributed by atoms with Crippen molar-refractivity contribution in [2.24, 2.45) is 5.41 Å². The van der Waals surface area contributed by atoms with E-state index < -0.39 is 0 Å². The smallest absolute Gasteiger partial charge is 0.135 e. The summed E-state index contributed by atoms with van der Waals surface area (Å²) in [6.45, 7) is 25.1. The number of aromatic nitrogens is 2. The van der Waals surface area contributed by atoms with E-state index in [0.717, 1.165) is 61.4 Å². The molecule has 2 aromatic heterocycles. The molecule has 0 bridgehead atoms. The van der Waals surface area contributed by atoms with Gasteiger partial charge in [0.1, 0.15) is 5.82 Å². The predicted octanol–water partition coefficient (Wildman–Crippen LogP) is 18.2. The minimum atomic E-state index is -0.273. The number of benzene rings is 8. The van der Waals surface area contributed by atoms with Gasteiger partial charge in [-0.25, -0.2) is 4.98 Å². The van der Waals surface area contributed by atoms with Crippen molar-refractivity contribution < 1.29 is 25.8 Å². The molecule has 8 aromatic carbocycles. The number of nitrogens with zero attached hydrogens (tertiary/aromatic N) is 4. The fourth-order valence-corrected chi connectivity index (χ4v) is 10.5. The molecule has 6 heteroatoms. The summed E-state index contributed by atoms with van der Waals surface area (Å²) < 4.78 is 9.24. The maximum atomic E-state index is 7.01. The first-order valence-electron chi connectivity index (χ1n) is 26.2. The zero-order valence-electron chi connectivity index (χ0n) is 45.2. The summed E-state index contributed by atoms with van der Waals surface area (Å²) in [4.78, 5) is 9.57. The molecule has 1 aliphatic heterocycles. The Kier molecular flexibility index (Phi) is 13.9. The average molecular weight is 1170 g/mol. The molecule has 0 unspecified atom stereocenters. The molecule has 0 amide bonds. The van der Waals surface area contributed by atoms with Gasteiger partial charge in [-0.2, -0.15) is 6.07 Å². The number of fused-ring (bicyclic) bond motifs is 3. The van der Waals surface area contributed by atoms with Crippen molar-refractivity contribution in [2.45, 2.75) is 85.5 Å². The van der Waals surface area contributed by atoms with Gasteiger partial charge in [-0.15, -0.1) is 53.6 Å². The number of hydrogen-bond acceptors (Lipinski definition) is 4. The maximum Gasteiger partial charge on any atom is 0.135 e. The van der Waals surface area contributed by atoms with Crippen molar-refractivity contribution in [1.82, 2.24) is 9.55 Å². The van der Waals surface area contributed by atoms with Gasteiger partial charge in [-0.05, 0) is 91.8 Å². The van der Waals surface area contributed by atoms with Crippen LogP contribution in [0.1, 0.15) is 97.1 Å². The van der Waals surface area contributed by atoms with Gasteiger partial charge >= 0.3 is 0 Å². The van der Waals surface area contributed by atoms with E-state index in [0.29, 0.717) is 11.5 Å². The van der Waals surface area contributed by atoms with Crippen LogP contribution < -0.4 is 14.5 Å². The first kappa shape index (κ1) is 52.0. The third-order valence-electron chi connectivity index (χ3n) is 15.2. The molecule has 0 N–H and O–H groups in total. The Balaban J connectivity index is 0.00000657. The van der Waals surface area contributed by atoms with Gasteiger partial charge < -0.3 is 19.1 Å². The zero-order chi connectivity index (χ0) is 52.3. The fraction of sp³-hybridized carbons (Fsp3) is 0.200. The van der Waals surface area contributed by atoms with Crippen molar-refractivity contribution in [1.29, 1.82) is 0 Å². The van der Waals surface area contributed by atoms with Gasteiger partial charge in [0.25, 0.3) is 0 Å². The number of hydrogen-bond donors (Lipinski definition) is 0. The van der Waals surface area contributed by atoms with Crippen molar-refractivity contribution in [3.63, 3.8) is 0 Å². The Morgan fingerprint density at radius 2 is 1.04 bits per heavy atom. The molecule has 0 spiro atoms. The molecule has 10 aromatic rings. The number of pyridine rings is 1. The molecule has 76 heavy (non-hydrogen) atoms. The van der Waals surface area contributed by atoms with Gasteiger partial charge in [0.15, 0.2) is 0 Å². The van der Waals surface area contributed by atoms with E-state index in [4.69, 9.17) is 9.72 Å². The summed E-state index contributed by atoms with van der Waals surface area (Å²) in [6, 6.07) is 77.0. The quantitative estimate of drug-likeness (QED) is 0.121. The molecular formula is C70H65N4OPt-3. The van der Waals surface area contributed by atoms with Crippen LogP contribution in [0.25, 0.3) is 49.9 Å². The van der Waals surface area contributed by atoms with E-state index in [1.807, 2.05) is 12.3 Å². The van der Waals surface area contributed by atoms with E-state index in [2.05, 4.69) is 297 Å². The number of anilines is 2. The Morgan fingerprint density at radius 3 is 1.62 bits per heavy atom. The SMILES string of the molecule is CC(C)(C)C1=CN(c2cc(C(C)(C)c3ccccc3)cc(C(C)(C)c3ccccc3)c2)[CH-]N1c1[c-]c(Oc2[c-]c3c(cc2)c2cc(-c4ccccc4)ccc2n3-c2cc(C(C)(C)C)ccn2)cc(-c2ccccc2)c1.[Pt]. The van der Waals surface area contributed by atoms with Crippen LogP contribution in [0, 0.1) is 24.2 Å². The summed E-state index contributed by atoms with van der Waals surface area (Å²) >= 11 is 0. The van der Waals surface area contributed by atoms with Crippen LogP contribution >= 0.6 is 0 Å². The molecule has 3 heterocycles. The molecule has 0 saturated carbocycles. The molecule has 0 saturated heterocycles. The minimum absolute atomic E-state index is 0. The van der Waals surface area contributed by atoms with Gasteiger partial charge in [0, 0.05) is 71.9 Å². The predicted molar refractivity (Wildman–Crippen MR) is 313 cm³/mol. The fourth-order valence-electron chi connectivity index (χ4n) is 10.5. The van der Waals surface area contributed by atoms with E-state index in [1.165, 1.54) is 33.4 Å². The van der Waals surface area contributed by atoms with Crippen LogP contribution in [0.5, 0.6) is 11.5 Å². The van der Waals surface area contributed by atoms with Crippen LogP contribution in [0.4, 0.5) is 11.4 Å². The van der Waals surface area contributed by atoms with Crippen molar-refractivity contribution >= 4 is 33.2 Å². The Bertz CT molecular complexity index is 3660. The van der Waals surface area contributed by atoms with E-state index in [9.17, 15) is 0 Å². The van der Waals surface area contributed by atoms with Crippen LogP contribution in [-0.4, -0.2) is 9.55 Å². The molecule has 384 valence electrons. The Morgan fingerprint density at radius 1 is 0.461 bits per heavy atom.